The van der Waals surface area contributed by atoms with Crippen molar-refractivity contribution in [2.24, 2.45) is 10.2 Å². The van der Waals surface area contributed by atoms with Crippen LogP contribution in [0.3, 0.4) is 0 Å². The molecule has 0 aliphatic carbocycles. The Balaban J connectivity index is 3.15. The van der Waals surface area contributed by atoms with Crippen LogP contribution in [0.5, 0.6) is 0 Å². The van der Waals surface area contributed by atoms with Crippen LogP contribution in [-0.4, -0.2) is 12.4 Å². The lowest BCUT2D eigenvalue weighted by Gasteiger charge is -1.90. The summed E-state index contributed by atoms with van der Waals surface area (Å²) in [6.45, 7) is 4.42. The SMILES string of the molecule is CCCCCC=NN=CCCCCC. The monoisotopic (exact) mass is 196 g/mol. The van der Waals surface area contributed by atoms with Gasteiger partial charge in [0.2, 0.25) is 0 Å². The van der Waals surface area contributed by atoms with Crippen LogP contribution >= 0.6 is 0 Å². The third kappa shape index (κ3) is 11.3. The number of nitrogens with zero attached hydrogens (tertiary/aromatic N) is 2. The van der Waals surface area contributed by atoms with E-state index < -0.39 is 0 Å². The van der Waals surface area contributed by atoms with Gasteiger partial charge in [-0.1, -0.05) is 39.5 Å². The van der Waals surface area contributed by atoms with Crippen molar-refractivity contribution in [2.75, 3.05) is 0 Å². The molecule has 0 aliphatic rings. The van der Waals surface area contributed by atoms with Crippen LogP contribution in [0.15, 0.2) is 10.2 Å². The van der Waals surface area contributed by atoms with Crippen LogP contribution in [0.1, 0.15) is 65.2 Å². The highest BCUT2D eigenvalue weighted by molar-refractivity contribution is 5.61. The first kappa shape index (κ1) is 13.3. The average Bonchev–Trinajstić information content (AvgIpc) is 2.21. The summed E-state index contributed by atoms with van der Waals surface area (Å²) < 4.78 is 0. The first-order valence-corrected chi connectivity index (χ1v) is 5.95. The molecule has 0 heterocycles. The Morgan fingerprint density at radius 2 is 1.14 bits per heavy atom. The first-order chi connectivity index (χ1) is 6.91. The molecule has 0 rings (SSSR count). The lowest BCUT2D eigenvalue weighted by molar-refractivity contribution is 0.743. The first-order valence-electron chi connectivity index (χ1n) is 5.95. The van der Waals surface area contributed by atoms with Gasteiger partial charge in [-0.3, -0.25) is 0 Å². The molecule has 0 aliphatic heterocycles. The number of hydrogen-bond acceptors (Lipinski definition) is 2. The summed E-state index contributed by atoms with van der Waals surface area (Å²) in [6.07, 6.45) is 13.6. The van der Waals surface area contributed by atoms with Gasteiger partial charge in [0, 0.05) is 12.4 Å². The molecular weight excluding hydrogens is 172 g/mol. The minimum absolute atomic E-state index is 1.07. The fourth-order valence-electron chi connectivity index (χ4n) is 1.18. The van der Waals surface area contributed by atoms with E-state index in [0.29, 0.717) is 0 Å². The highest BCUT2D eigenvalue weighted by Gasteiger charge is 1.82. The molecule has 0 unspecified atom stereocenters. The predicted octanol–water partition coefficient (Wildman–Crippen LogP) is 4.20. The van der Waals surface area contributed by atoms with Crippen LogP contribution in [0.4, 0.5) is 0 Å². The van der Waals surface area contributed by atoms with Gasteiger partial charge in [0.05, 0.1) is 0 Å². The minimum atomic E-state index is 1.07. The normalized spacial score (nSPS) is 11.9. The molecule has 0 spiro atoms. The van der Waals surface area contributed by atoms with Gasteiger partial charge in [-0.25, -0.2) is 0 Å². The molecule has 0 aromatic rings. The van der Waals surface area contributed by atoms with E-state index in [-0.39, 0.29) is 0 Å². The molecule has 2 heteroatoms. The minimum Gasteiger partial charge on any atom is -0.164 e. The number of unbranched alkanes of at least 4 members (excludes halogenated alkanes) is 6. The Labute approximate surface area is 88.5 Å². The van der Waals surface area contributed by atoms with E-state index in [9.17, 15) is 0 Å². The third-order valence-electron chi connectivity index (χ3n) is 2.10. The van der Waals surface area contributed by atoms with Crippen molar-refractivity contribution in [2.45, 2.75) is 65.2 Å². The highest BCUT2D eigenvalue weighted by atomic mass is 15.2. The van der Waals surface area contributed by atoms with Gasteiger partial charge in [0.1, 0.15) is 0 Å². The Morgan fingerprint density at radius 1 is 0.714 bits per heavy atom. The van der Waals surface area contributed by atoms with Gasteiger partial charge >= 0.3 is 0 Å². The molecular formula is C12H24N2. The highest BCUT2D eigenvalue weighted by Crippen LogP contribution is 1.97. The Morgan fingerprint density at radius 3 is 1.50 bits per heavy atom. The second kappa shape index (κ2) is 12.3. The van der Waals surface area contributed by atoms with E-state index in [1.54, 1.807) is 0 Å². The van der Waals surface area contributed by atoms with Crippen molar-refractivity contribution >= 4 is 12.4 Å². The zero-order chi connectivity index (χ0) is 10.5. The molecule has 0 aromatic heterocycles. The van der Waals surface area contributed by atoms with Gasteiger partial charge in [-0.2, -0.15) is 10.2 Å². The van der Waals surface area contributed by atoms with Gasteiger partial charge in [-0.05, 0) is 25.7 Å². The fourth-order valence-corrected chi connectivity index (χ4v) is 1.18. The zero-order valence-electron chi connectivity index (χ0n) is 9.71. The third-order valence-corrected chi connectivity index (χ3v) is 2.10. The molecule has 0 aromatic carbocycles. The van der Waals surface area contributed by atoms with Crippen molar-refractivity contribution in [3.05, 3.63) is 0 Å². The van der Waals surface area contributed by atoms with Crippen LogP contribution in [-0.2, 0) is 0 Å². The van der Waals surface area contributed by atoms with E-state index >= 15 is 0 Å². The largest absolute Gasteiger partial charge is 0.164 e. The van der Waals surface area contributed by atoms with E-state index in [1.165, 1.54) is 38.5 Å². The van der Waals surface area contributed by atoms with E-state index in [2.05, 4.69) is 24.1 Å². The lowest BCUT2D eigenvalue weighted by atomic mass is 10.2. The maximum absolute atomic E-state index is 3.99. The molecule has 14 heavy (non-hydrogen) atoms. The summed E-state index contributed by atoms with van der Waals surface area (Å²) in [5, 5.41) is 7.97. The fraction of sp³-hybridized carbons (Fsp3) is 0.833. The van der Waals surface area contributed by atoms with E-state index in [0.717, 1.165) is 12.8 Å². The average molecular weight is 196 g/mol. The molecule has 0 atom stereocenters. The Bertz CT molecular complexity index is 132. The Hall–Kier alpha value is -0.660. The zero-order valence-corrected chi connectivity index (χ0v) is 9.71. The second-order valence-electron chi connectivity index (χ2n) is 3.59. The number of hydrogen-bond donors (Lipinski definition) is 0. The van der Waals surface area contributed by atoms with E-state index in [4.69, 9.17) is 0 Å². The second-order valence-corrected chi connectivity index (χ2v) is 3.59. The quantitative estimate of drug-likeness (QED) is 0.300. The molecule has 0 N–H and O–H groups in total. The summed E-state index contributed by atoms with van der Waals surface area (Å²) >= 11 is 0. The summed E-state index contributed by atoms with van der Waals surface area (Å²) in [5.74, 6) is 0. The molecule has 0 amide bonds. The van der Waals surface area contributed by atoms with Crippen LogP contribution in [0, 0.1) is 0 Å². The van der Waals surface area contributed by atoms with Crippen LogP contribution in [0.2, 0.25) is 0 Å². The smallest absolute Gasteiger partial charge is 0.0270 e. The van der Waals surface area contributed by atoms with Gasteiger partial charge in [0.15, 0.2) is 0 Å². The van der Waals surface area contributed by atoms with Gasteiger partial charge < -0.3 is 0 Å². The topological polar surface area (TPSA) is 24.7 Å². The maximum Gasteiger partial charge on any atom is 0.0270 e. The molecule has 0 saturated heterocycles. The van der Waals surface area contributed by atoms with Crippen molar-refractivity contribution in [1.82, 2.24) is 0 Å². The van der Waals surface area contributed by atoms with Crippen molar-refractivity contribution in [3.63, 3.8) is 0 Å². The summed E-state index contributed by atoms with van der Waals surface area (Å²) in [7, 11) is 0. The summed E-state index contributed by atoms with van der Waals surface area (Å²) in [4.78, 5) is 0. The van der Waals surface area contributed by atoms with Crippen molar-refractivity contribution in [1.29, 1.82) is 0 Å². The van der Waals surface area contributed by atoms with Crippen LogP contribution < -0.4 is 0 Å². The summed E-state index contributed by atoms with van der Waals surface area (Å²) in [6, 6.07) is 0. The van der Waals surface area contributed by atoms with Crippen molar-refractivity contribution < 1.29 is 0 Å². The van der Waals surface area contributed by atoms with Gasteiger partial charge in [-0.15, -0.1) is 0 Å². The molecule has 2 nitrogen and oxygen atoms in total. The summed E-state index contributed by atoms with van der Waals surface area (Å²) in [5.41, 5.74) is 0. The molecule has 0 fully saturated rings. The molecule has 0 radical (unpaired) electrons. The molecule has 0 bridgehead atoms. The molecule has 82 valence electrons. The van der Waals surface area contributed by atoms with E-state index in [1.807, 2.05) is 12.4 Å². The predicted molar refractivity (Wildman–Crippen MR) is 65.3 cm³/mol. The molecule has 0 saturated carbocycles. The number of rotatable bonds is 9. The Kier molecular flexibility index (Phi) is 11.8. The maximum atomic E-state index is 3.99. The lowest BCUT2D eigenvalue weighted by Crippen LogP contribution is -1.78. The van der Waals surface area contributed by atoms with Gasteiger partial charge in [0.25, 0.3) is 0 Å². The standard InChI is InChI=1S/C12H24N2/c1-3-5-7-9-11-13-14-12-10-8-6-4-2/h11-12H,3-10H2,1-2H3. The van der Waals surface area contributed by atoms with Crippen molar-refractivity contribution in [3.8, 4) is 0 Å². The van der Waals surface area contributed by atoms with Crippen LogP contribution in [0.25, 0.3) is 0 Å².